The van der Waals surface area contributed by atoms with E-state index in [0.29, 0.717) is 5.84 Å². The predicted octanol–water partition coefficient (Wildman–Crippen LogP) is 3.44. The Morgan fingerprint density at radius 3 is 2.32 bits per heavy atom. The number of hydrogen-bond donors (Lipinski definition) is 0. The van der Waals surface area contributed by atoms with Crippen molar-refractivity contribution in [1.29, 1.82) is 0 Å². The van der Waals surface area contributed by atoms with Gasteiger partial charge in [-0.2, -0.15) is 4.39 Å². The van der Waals surface area contributed by atoms with Crippen LogP contribution in [0.3, 0.4) is 0 Å². The highest BCUT2D eigenvalue weighted by atomic mass is 79.9. The Bertz CT molecular complexity index is 297. The number of nitrogens with zero attached hydrogens (tertiary/aromatic N) is 3. The summed E-state index contributed by atoms with van der Waals surface area (Å²) >= 11 is 3.43. The highest BCUT2D eigenvalue weighted by molar-refractivity contribution is 9.09. The smallest absolute Gasteiger partial charge is 0.207 e. The maximum atomic E-state index is 12.7. The lowest BCUT2D eigenvalue weighted by atomic mass is 10.3. The molecule has 1 fully saturated rings. The van der Waals surface area contributed by atoms with Crippen molar-refractivity contribution in [3.63, 3.8) is 0 Å². The van der Waals surface area contributed by atoms with Gasteiger partial charge in [-0.25, -0.2) is 4.99 Å². The number of halogens is 2. The van der Waals surface area contributed by atoms with Crippen LogP contribution in [-0.4, -0.2) is 53.7 Å². The van der Waals surface area contributed by atoms with E-state index in [1.807, 2.05) is 18.7 Å². The quantitative estimate of drug-likeness (QED) is 0.332. The summed E-state index contributed by atoms with van der Waals surface area (Å²) in [5.74, 6) is -0.0840. The lowest BCUT2D eigenvalue weighted by Crippen LogP contribution is -2.48. The highest BCUT2D eigenvalue weighted by Gasteiger charge is 2.17. The van der Waals surface area contributed by atoms with Crippen molar-refractivity contribution >= 4 is 21.8 Å². The summed E-state index contributed by atoms with van der Waals surface area (Å²) in [5.41, 5.74) is 0. The van der Waals surface area contributed by atoms with Crippen molar-refractivity contribution in [2.45, 2.75) is 20.3 Å². The summed E-state index contributed by atoms with van der Waals surface area (Å²) in [5, 5.41) is 1.04. The molecule has 1 rings (SSSR count). The largest absolute Gasteiger partial charge is 0.354 e. The second-order valence-electron chi connectivity index (χ2n) is 3.92. The van der Waals surface area contributed by atoms with Crippen LogP contribution in [0.15, 0.2) is 30.2 Å². The minimum atomic E-state index is -0.665. The lowest BCUT2D eigenvalue weighted by molar-refractivity contribution is 0.183. The predicted molar refractivity (Wildman–Crippen MR) is 85.7 cm³/mol. The van der Waals surface area contributed by atoms with Gasteiger partial charge >= 0.3 is 0 Å². The van der Waals surface area contributed by atoms with Crippen molar-refractivity contribution in [3.05, 3.63) is 25.2 Å². The van der Waals surface area contributed by atoms with E-state index >= 15 is 0 Å². The molecule has 1 heterocycles. The first-order valence-corrected chi connectivity index (χ1v) is 7.88. The molecule has 5 heteroatoms. The zero-order valence-corrected chi connectivity index (χ0v) is 13.6. The molecule has 1 aliphatic rings. The minimum absolute atomic E-state index is 0.581. The Labute approximate surface area is 125 Å². The van der Waals surface area contributed by atoms with Gasteiger partial charge in [-0.3, -0.25) is 4.90 Å². The van der Waals surface area contributed by atoms with Gasteiger partial charge in [-0.15, -0.1) is 0 Å². The van der Waals surface area contributed by atoms with Gasteiger partial charge < -0.3 is 4.90 Å². The van der Waals surface area contributed by atoms with Gasteiger partial charge in [0.2, 0.25) is 5.95 Å². The zero-order chi connectivity index (χ0) is 14.7. The number of hydrogen-bond acceptors (Lipinski definition) is 2. The fraction of sp³-hybridized carbons (Fsp3) is 0.643. The van der Waals surface area contributed by atoms with Crippen LogP contribution in [0.5, 0.6) is 0 Å². The van der Waals surface area contributed by atoms with Gasteiger partial charge in [0, 0.05) is 31.5 Å². The summed E-state index contributed by atoms with van der Waals surface area (Å²) in [7, 11) is 0. The molecule has 110 valence electrons. The summed E-state index contributed by atoms with van der Waals surface area (Å²) in [6, 6.07) is 0. The Hall–Kier alpha value is -0.680. The first kappa shape index (κ1) is 18.3. The van der Waals surface area contributed by atoms with Crippen LogP contribution in [0, 0.1) is 0 Å². The topological polar surface area (TPSA) is 18.8 Å². The second kappa shape index (κ2) is 11.2. The Kier molecular flexibility index (Phi) is 10.8. The molecule has 0 radical (unpaired) electrons. The lowest BCUT2D eigenvalue weighted by Gasteiger charge is -2.35. The van der Waals surface area contributed by atoms with Crippen molar-refractivity contribution in [3.8, 4) is 0 Å². The van der Waals surface area contributed by atoms with E-state index in [1.165, 1.54) is 0 Å². The van der Waals surface area contributed by atoms with Crippen LogP contribution >= 0.6 is 15.9 Å². The molecule has 0 aromatic carbocycles. The van der Waals surface area contributed by atoms with Crippen LogP contribution in [0.1, 0.15) is 20.3 Å². The van der Waals surface area contributed by atoms with Gasteiger partial charge in [0.05, 0.1) is 0 Å². The SMILES string of the molecule is C=C/C(=N\C(=C)F)N1CCN(CCCBr)CC1.CC. The van der Waals surface area contributed by atoms with Crippen molar-refractivity contribution in [2.75, 3.05) is 38.1 Å². The molecular weight excluding hydrogens is 309 g/mol. The molecule has 0 aliphatic carbocycles. The molecule has 0 unspecified atom stereocenters. The molecule has 0 aromatic heterocycles. The van der Waals surface area contributed by atoms with E-state index in [9.17, 15) is 4.39 Å². The number of piperazine rings is 1. The monoisotopic (exact) mass is 333 g/mol. The van der Waals surface area contributed by atoms with Crippen LogP contribution in [-0.2, 0) is 0 Å². The first-order chi connectivity index (χ1) is 9.17. The average Bonchev–Trinajstić information content (AvgIpc) is 2.45. The van der Waals surface area contributed by atoms with Crippen LogP contribution < -0.4 is 0 Å². The van der Waals surface area contributed by atoms with Gasteiger partial charge in [0.25, 0.3) is 0 Å². The summed E-state index contributed by atoms with van der Waals surface area (Å²) in [6.45, 7) is 15.6. The van der Waals surface area contributed by atoms with Gasteiger partial charge in [-0.1, -0.05) is 36.4 Å². The van der Waals surface area contributed by atoms with Gasteiger partial charge in [0.1, 0.15) is 5.84 Å². The molecule has 1 aliphatic heterocycles. The number of aliphatic imine (C=N–C) groups is 1. The molecule has 0 aromatic rings. The van der Waals surface area contributed by atoms with E-state index in [1.54, 1.807) is 6.08 Å². The van der Waals surface area contributed by atoms with E-state index in [-0.39, 0.29) is 0 Å². The van der Waals surface area contributed by atoms with Crippen LogP contribution in [0.25, 0.3) is 0 Å². The summed E-state index contributed by atoms with van der Waals surface area (Å²) < 4.78 is 12.7. The fourth-order valence-electron chi connectivity index (χ4n) is 1.85. The van der Waals surface area contributed by atoms with E-state index in [4.69, 9.17) is 0 Å². The highest BCUT2D eigenvalue weighted by Crippen LogP contribution is 2.07. The molecule has 1 saturated heterocycles. The van der Waals surface area contributed by atoms with Gasteiger partial charge in [-0.05, 0) is 25.6 Å². The normalized spacial score (nSPS) is 16.6. The third-order valence-electron chi connectivity index (χ3n) is 2.72. The van der Waals surface area contributed by atoms with E-state index < -0.39 is 5.95 Å². The molecule has 0 saturated carbocycles. The Balaban J connectivity index is 0.00000154. The number of amidine groups is 1. The molecule has 0 bridgehead atoms. The van der Waals surface area contributed by atoms with Gasteiger partial charge in [0.15, 0.2) is 0 Å². The van der Waals surface area contributed by atoms with E-state index in [0.717, 1.165) is 44.5 Å². The number of rotatable bonds is 5. The van der Waals surface area contributed by atoms with Crippen molar-refractivity contribution in [1.82, 2.24) is 9.80 Å². The van der Waals surface area contributed by atoms with Crippen LogP contribution in [0.4, 0.5) is 4.39 Å². The molecule has 19 heavy (non-hydrogen) atoms. The average molecular weight is 334 g/mol. The van der Waals surface area contributed by atoms with E-state index in [2.05, 4.69) is 39.0 Å². The maximum absolute atomic E-state index is 12.7. The summed E-state index contributed by atoms with van der Waals surface area (Å²) in [6.07, 6.45) is 2.74. The van der Waals surface area contributed by atoms with Crippen molar-refractivity contribution < 1.29 is 4.39 Å². The Morgan fingerprint density at radius 1 is 1.32 bits per heavy atom. The van der Waals surface area contributed by atoms with Crippen LogP contribution in [0.2, 0.25) is 0 Å². The molecule has 0 amide bonds. The van der Waals surface area contributed by atoms with Crippen molar-refractivity contribution in [2.24, 2.45) is 4.99 Å². The third kappa shape index (κ3) is 7.47. The molecular formula is C14H25BrFN3. The molecule has 3 nitrogen and oxygen atoms in total. The molecule has 0 N–H and O–H groups in total. The molecule has 0 atom stereocenters. The number of alkyl halides is 1. The second-order valence-corrected chi connectivity index (χ2v) is 4.71. The maximum Gasteiger partial charge on any atom is 0.207 e. The first-order valence-electron chi connectivity index (χ1n) is 6.76. The minimum Gasteiger partial charge on any atom is -0.354 e. The fourth-order valence-corrected chi connectivity index (χ4v) is 2.10. The Morgan fingerprint density at radius 2 is 1.89 bits per heavy atom. The molecule has 0 spiro atoms. The summed E-state index contributed by atoms with van der Waals surface area (Å²) in [4.78, 5) is 8.19. The zero-order valence-electron chi connectivity index (χ0n) is 12.0. The third-order valence-corrected chi connectivity index (χ3v) is 3.28. The standard InChI is InChI=1S/C12H19BrFN3.C2H6/c1-3-12(15-11(2)14)17-9-7-16(8-10-17)6-4-5-13;1-2/h3H,1-2,4-10H2;1-2H3/b15-12+;.